The molecule has 142 valence electrons. The van der Waals surface area contributed by atoms with Crippen molar-refractivity contribution in [3.8, 4) is 0 Å². The van der Waals surface area contributed by atoms with Gasteiger partial charge in [-0.2, -0.15) is 5.10 Å². The van der Waals surface area contributed by atoms with Crippen LogP contribution in [0.2, 0.25) is 5.02 Å². The average Bonchev–Trinajstić information content (AvgIpc) is 3.27. The first-order valence-electron chi connectivity index (χ1n) is 8.64. The van der Waals surface area contributed by atoms with Crippen molar-refractivity contribution in [1.82, 2.24) is 25.4 Å². The highest BCUT2D eigenvalue weighted by atomic mass is 127. The Kier molecular flexibility index (Phi) is 8.43. The van der Waals surface area contributed by atoms with Gasteiger partial charge in [0.2, 0.25) is 0 Å². The lowest BCUT2D eigenvalue weighted by atomic mass is 10.3. The zero-order valence-electron chi connectivity index (χ0n) is 14.8. The van der Waals surface area contributed by atoms with Crippen molar-refractivity contribution < 1.29 is 0 Å². The molecule has 0 aromatic carbocycles. The SMILES string of the molecule is CCNC(=NCCn1cccn1)NC1CCN(c2ncccc2Cl)C1.I. The van der Waals surface area contributed by atoms with E-state index in [1.54, 1.807) is 12.4 Å². The quantitative estimate of drug-likeness (QED) is 0.370. The second-order valence-electron chi connectivity index (χ2n) is 5.91. The monoisotopic (exact) mass is 489 g/mol. The predicted octanol–water partition coefficient (Wildman–Crippen LogP) is 2.38. The smallest absolute Gasteiger partial charge is 0.191 e. The van der Waals surface area contributed by atoms with Crippen LogP contribution >= 0.6 is 35.6 Å². The highest BCUT2D eigenvalue weighted by Gasteiger charge is 2.25. The van der Waals surface area contributed by atoms with Gasteiger partial charge in [0.1, 0.15) is 5.82 Å². The van der Waals surface area contributed by atoms with E-state index in [1.165, 1.54) is 0 Å². The van der Waals surface area contributed by atoms with Gasteiger partial charge in [0.05, 0.1) is 18.1 Å². The standard InChI is InChI=1S/C17H24ClN7.HI/c1-2-19-17(21-9-12-25-10-4-8-22-25)23-14-6-11-24(13-14)16-15(18)5-3-7-20-16;/h3-5,7-8,10,14H,2,6,9,11-13H2,1H3,(H2,19,21,23);1H. The molecule has 1 unspecified atom stereocenters. The minimum Gasteiger partial charge on any atom is -0.357 e. The largest absolute Gasteiger partial charge is 0.357 e. The fraction of sp³-hybridized carbons (Fsp3) is 0.471. The zero-order chi connectivity index (χ0) is 17.5. The summed E-state index contributed by atoms with van der Waals surface area (Å²) in [6.45, 7) is 6.14. The number of aliphatic imine (C=N–C) groups is 1. The predicted molar refractivity (Wildman–Crippen MR) is 117 cm³/mol. The number of pyridine rings is 1. The van der Waals surface area contributed by atoms with E-state index >= 15 is 0 Å². The van der Waals surface area contributed by atoms with E-state index in [4.69, 9.17) is 11.6 Å². The van der Waals surface area contributed by atoms with Crippen LogP contribution in [0.3, 0.4) is 0 Å². The molecule has 1 aliphatic rings. The van der Waals surface area contributed by atoms with Crippen molar-refractivity contribution in [2.24, 2.45) is 4.99 Å². The number of hydrogen-bond acceptors (Lipinski definition) is 4. The van der Waals surface area contributed by atoms with Crippen LogP contribution in [0.15, 0.2) is 41.8 Å². The summed E-state index contributed by atoms with van der Waals surface area (Å²) >= 11 is 6.26. The summed E-state index contributed by atoms with van der Waals surface area (Å²) in [4.78, 5) is 11.3. The summed E-state index contributed by atoms with van der Waals surface area (Å²) in [7, 11) is 0. The number of halogens is 2. The maximum atomic E-state index is 6.26. The molecule has 2 N–H and O–H groups in total. The summed E-state index contributed by atoms with van der Waals surface area (Å²) in [5, 5.41) is 11.7. The van der Waals surface area contributed by atoms with Crippen molar-refractivity contribution in [2.75, 3.05) is 31.1 Å². The highest BCUT2D eigenvalue weighted by Crippen LogP contribution is 2.25. The van der Waals surface area contributed by atoms with Gasteiger partial charge < -0.3 is 15.5 Å². The zero-order valence-corrected chi connectivity index (χ0v) is 17.9. The van der Waals surface area contributed by atoms with Crippen LogP contribution in [0.4, 0.5) is 5.82 Å². The van der Waals surface area contributed by atoms with Crippen molar-refractivity contribution in [2.45, 2.75) is 25.9 Å². The number of anilines is 1. The Morgan fingerprint density at radius 2 is 2.27 bits per heavy atom. The van der Waals surface area contributed by atoms with Gasteiger partial charge in [-0.1, -0.05) is 11.6 Å². The molecule has 2 aromatic rings. The molecule has 1 atom stereocenters. The van der Waals surface area contributed by atoms with Gasteiger partial charge in [-0.15, -0.1) is 24.0 Å². The summed E-state index contributed by atoms with van der Waals surface area (Å²) in [5.41, 5.74) is 0. The van der Waals surface area contributed by atoms with E-state index < -0.39 is 0 Å². The van der Waals surface area contributed by atoms with Crippen molar-refractivity contribution in [1.29, 1.82) is 0 Å². The number of hydrogen-bond donors (Lipinski definition) is 2. The molecule has 0 radical (unpaired) electrons. The van der Waals surface area contributed by atoms with E-state index in [0.29, 0.717) is 17.6 Å². The lowest BCUT2D eigenvalue weighted by Crippen LogP contribution is -2.44. The number of nitrogens with zero attached hydrogens (tertiary/aromatic N) is 5. The molecule has 1 aliphatic heterocycles. The van der Waals surface area contributed by atoms with Gasteiger partial charge >= 0.3 is 0 Å². The molecular formula is C17H25ClIN7. The van der Waals surface area contributed by atoms with Crippen LogP contribution in [0.5, 0.6) is 0 Å². The first-order valence-corrected chi connectivity index (χ1v) is 9.02. The third kappa shape index (κ3) is 5.73. The van der Waals surface area contributed by atoms with Crippen molar-refractivity contribution in [3.05, 3.63) is 41.8 Å². The van der Waals surface area contributed by atoms with Crippen LogP contribution in [-0.4, -0.2) is 52.9 Å². The van der Waals surface area contributed by atoms with Gasteiger partial charge in [-0.25, -0.2) is 4.98 Å². The van der Waals surface area contributed by atoms with Crippen LogP contribution in [0.1, 0.15) is 13.3 Å². The second kappa shape index (κ2) is 10.6. The molecule has 0 saturated carbocycles. The number of rotatable bonds is 6. The van der Waals surface area contributed by atoms with Crippen LogP contribution in [-0.2, 0) is 6.54 Å². The van der Waals surface area contributed by atoms with Gasteiger partial charge in [-0.3, -0.25) is 9.67 Å². The Labute approximate surface area is 176 Å². The Hall–Kier alpha value is -1.55. The third-order valence-corrected chi connectivity index (χ3v) is 4.37. The third-order valence-electron chi connectivity index (χ3n) is 4.07. The molecule has 1 saturated heterocycles. The van der Waals surface area contributed by atoms with Gasteiger partial charge in [0.15, 0.2) is 5.96 Å². The minimum absolute atomic E-state index is 0. The lowest BCUT2D eigenvalue weighted by molar-refractivity contribution is 0.613. The number of guanidine groups is 1. The Morgan fingerprint density at radius 1 is 1.38 bits per heavy atom. The summed E-state index contributed by atoms with van der Waals surface area (Å²) in [5.74, 6) is 1.70. The Bertz CT molecular complexity index is 692. The molecule has 3 heterocycles. The Balaban J connectivity index is 0.00000243. The first-order chi connectivity index (χ1) is 12.3. The minimum atomic E-state index is 0. The molecule has 0 aliphatic carbocycles. The van der Waals surface area contributed by atoms with Crippen LogP contribution in [0, 0.1) is 0 Å². The molecule has 1 fully saturated rings. The number of aromatic nitrogens is 3. The molecule has 0 amide bonds. The molecule has 7 nitrogen and oxygen atoms in total. The van der Waals surface area contributed by atoms with Crippen molar-refractivity contribution in [3.63, 3.8) is 0 Å². The van der Waals surface area contributed by atoms with Crippen LogP contribution < -0.4 is 15.5 Å². The van der Waals surface area contributed by atoms with Gasteiger partial charge in [-0.05, 0) is 31.5 Å². The molecule has 0 spiro atoms. The van der Waals surface area contributed by atoms with E-state index in [9.17, 15) is 0 Å². The lowest BCUT2D eigenvalue weighted by Gasteiger charge is -2.20. The summed E-state index contributed by atoms with van der Waals surface area (Å²) in [6, 6.07) is 5.97. The topological polar surface area (TPSA) is 70.4 Å². The summed E-state index contributed by atoms with van der Waals surface area (Å²) < 4.78 is 1.88. The molecular weight excluding hydrogens is 465 g/mol. The van der Waals surface area contributed by atoms with E-state index in [1.807, 2.05) is 29.1 Å². The maximum Gasteiger partial charge on any atom is 0.191 e. The average molecular weight is 490 g/mol. The maximum absolute atomic E-state index is 6.26. The van der Waals surface area contributed by atoms with E-state index in [0.717, 1.165) is 44.4 Å². The molecule has 9 heteroatoms. The number of nitrogens with one attached hydrogen (secondary N) is 2. The van der Waals surface area contributed by atoms with Gasteiger partial charge in [0.25, 0.3) is 0 Å². The first kappa shape index (κ1) is 20.8. The fourth-order valence-electron chi connectivity index (χ4n) is 2.89. The Morgan fingerprint density at radius 3 is 3.00 bits per heavy atom. The molecule has 0 bridgehead atoms. The molecule has 26 heavy (non-hydrogen) atoms. The summed E-state index contributed by atoms with van der Waals surface area (Å²) in [6.07, 6.45) is 6.53. The fourth-order valence-corrected chi connectivity index (χ4v) is 3.13. The van der Waals surface area contributed by atoms with Crippen molar-refractivity contribution >= 4 is 47.4 Å². The molecule has 3 rings (SSSR count). The van der Waals surface area contributed by atoms with Crippen LogP contribution in [0.25, 0.3) is 0 Å². The highest BCUT2D eigenvalue weighted by molar-refractivity contribution is 14.0. The molecule has 2 aromatic heterocycles. The second-order valence-corrected chi connectivity index (χ2v) is 6.32. The van der Waals surface area contributed by atoms with Gasteiger partial charge in [0, 0.05) is 44.3 Å². The van der Waals surface area contributed by atoms with E-state index in [2.05, 4.69) is 37.5 Å². The van der Waals surface area contributed by atoms with E-state index in [-0.39, 0.29) is 24.0 Å². The normalized spacial score (nSPS) is 17.1.